The van der Waals surface area contributed by atoms with Crippen LogP contribution in [-0.2, 0) is 38.3 Å². The van der Waals surface area contributed by atoms with Gasteiger partial charge in [-0.3, -0.25) is 8.98 Å². The summed E-state index contributed by atoms with van der Waals surface area (Å²) in [4.78, 5) is 11.6. The minimum atomic E-state index is -5.09. The van der Waals surface area contributed by atoms with Gasteiger partial charge in [0.25, 0.3) is 0 Å². The molecule has 0 saturated carbocycles. The molecule has 0 spiro atoms. The maximum atomic E-state index is 11.6. The van der Waals surface area contributed by atoms with E-state index in [1.54, 1.807) is 0 Å². The van der Waals surface area contributed by atoms with Crippen LogP contribution >= 0.6 is 0 Å². The van der Waals surface area contributed by atoms with Crippen molar-refractivity contribution in [2.75, 3.05) is 13.7 Å². The van der Waals surface area contributed by atoms with Crippen LogP contribution in [-0.4, -0.2) is 108 Å². The second kappa shape index (κ2) is 13.8. The largest absolute Gasteiger partial charge is 1.00 e. The Morgan fingerprint density at radius 3 is 2.26 bits per heavy atom. The van der Waals surface area contributed by atoms with Crippen LogP contribution in [0.15, 0.2) is 0 Å². The molecule has 0 bridgehead atoms. The molecule has 2 saturated heterocycles. The standard InChI is InChI=1S/C14H24NO13S.2Na/c1-5(16)15-8-12(28-14-11(20)9(18)6(17)3-25-14)10(19)7(27-13(8)24-2)4-26-29(21,22)23;;/h3,6-14,17-20H,4H2,1-2H3,(H,15,16)(H,21,22,23);;/q-1;2*+1/p-1/t6-,7?,8?,9-,10-,11?,12+,13+,14-;;/m0../s1. The number of hydrogen-bond acceptors (Lipinski definition) is 13. The van der Waals surface area contributed by atoms with Crippen molar-refractivity contribution in [1.29, 1.82) is 0 Å². The van der Waals surface area contributed by atoms with Crippen molar-refractivity contribution in [3.8, 4) is 0 Å². The molecule has 31 heavy (non-hydrogen) atoms. The van der Waals surface area contributed by atoms with Crippen molar-refractivity contribution in [2.45, 2.75) is 62.2 Å². The van der Waals surface area contributed by atoms with Gasteiger partial charge < -0.3 is 49.2 Å². The number of rotatable bonds is 7. The summed E-state index contributed by atoms with van der Waals surface area (Å²) in [7, 11) is -3.90. The second-order valence-corrected chi connectivity index (χ2v) is 7.45. The summed E-state index contributed by atoms with van der Waals surface area (Å²) in [6.07, 6.45) is -12.3. The average Bonchev–Trinajstić information content (AvgIpc) is 2.62. The fourth-order valence-corrected chi connectivity index (χ4v) is 3.21. The fourth-order valence-electron chi connectivity index (χ4n) is 2.91. The first kappa shape index (κ1) is 32.0. The minimum Gasteiger partial charge on any atom is -0.726 e. The molecule has 0 aliphatic carbocycles. The second-order valence-electron chi connectivity index (χ2n) is 6.40. The number of methoxy groups -OCH3 is 1. The first-order valence-electron chi connectivity index (χ1n) is 8.36. The zero-order valence-corrected chi connectivity index (χ0v) is 22.2. The summed E-state index contributed by atoms with van der Waals surface area (Å²) in [5, 5.41) is 42.2. The molecule has 1 amide bonds. The summed E-state index contributed by atoms with van der Waals surface area (Å²) in [6.45, 7) is 1.08. The van der Waals surface area contributed by atoms with Crippen LogP contribution in [0.3, 0.4) is 0 Å². The van der Waals surface area contributed by atoms with E-state index in [0.29, 0.717) is 0 Å². The number of carbonyl (C=O) groups excluding carboxylic acids is 1. The molecule has 0 aromatic heterocycles. The maximum absolute atomic E-state index is 11.6. The number of nitrogens with one attached hydrogen (secondary N) is 1. The van der Waals surface area contributed by atoms with Crippen LogP contribution in [0.1, 0.15) is 6.92 Å². The van der Waals surface area contributed by atoms with Gasteiger partial charge in [0.05, 0.1) is 12.7 Å². The van der Waals surface area contributed by atoms with Crippen LogP contribution in [0.2, 0.25) is 0 Å². The number of ether oxygens (including phenoxy) is 4. The predicted octanol–water partition coefficient (Wildman–Crippen LogP) is -10.3. The fraction of sp³-hybridized carbons (Fsp3) is 0.857. The topological polar surface area (TPSA) is 213 Å². The van der Waals surface area contributed by atoms with E-state index in [1.165, 1.54) is 7.11 Å². The summed E-state index contributed by atoms with van der Waals surface area (Å²) in [6, 6.07) is -1.17. The van der Waals surface area contributed by atoms with E-state index in [-0.39, 0.29) is 59.1 Å². The zero-order chi connectivity index (χ0) is 21.9. The predicted molar refractivity (Wildman–Crippen MR) is 87.0 cm³/mol. The van der Waals surface area contributed by atoms with Gasteiger partial charge in [-0.25, -0.2) is 8.42 Å². The van der Waals surface area contributed by atoms with Gasteiger partial charge in [-0.2, -0.15) is 6.61 Å². The van der Waals surface area contributed by atoms with Crippen molar-refractivity contribution in [2.24, 2.45) is 0 Å². The van der Waals surface area contributed by atoms with E-state index in [2.05, 4.69) is 9.50 Å². The quantitative estimate of drug-likeness (QED) is 0.0969. The van der Waals surface area contributed by atoms with E-state index >= 15 is 0 Å². The van der Waals surface area contributed by atoms with Crippen LogP contribution in [0.25, 0.3) is 0 Å². The normalized spacial score (nSPS) is 38.5. The smallest absolute Gasteiger partial charge is 0.726 e. The Morgan fingerprint density at radius 2 is 1.74 bits per heavy atom. The van der Waals surface area contributed by atoms with Crippen molar-refractivity contribution in [3.63, 3.8) is 0 Å². The Balaban J connectivity index is 0.00000450. The summed E-state index contributed by atoms with van der Waals surface area (Å²) < 4.78 is 57.2. The van der Waals surface area contributed by atoms with Crippen molar-refractivity contribution in [1.82, 2.24) is 5.32 Å². The third-order valence-corrected chi connectivity index (χ3v) is 4.70. The molecule has 17 heteroatoms. The van der Waals surface area contributed by atoms with Gasteiger partial charge in [-0.1, -0.05) is 0 Å². The summed E-state index contributed by atoms with van der Waals surface area (Å²) in [5.41, 5.74) is 0. The molecule has 0 radical (unpaired) electrons. The Hall–Kier alpha value is 1.02. The van der Waals surface area contributed by atoms with Gasteiger partial charge in [0.1, 0.15) is 30.5 Å². The molecule has 170 valence electrons. The monoisotopic (exact) mass is 491 g/mol. The van der Waals surface area contributed by atoms with Gasteiger partial charge in [0, 0.05) is 14.0 Å². The maximum Gasteiger partial charge on any atom is 1.00 e. The van der Waals surface area contributed by atoms with E-state index < -0.39 is 78.2 Å². The van der Waals surface area contributed by atoms with E-state index in [0.717, 1.165) is 13.5 Å². The van der Waals surface area contributed by atoms with E-state index in [4.69, 9.17) is 18.9 Å². The van der Waals surface area contributed by atoms with Crippen LogP contribution < -0.4 is 64.4 Å². The van der Waals surface area contributed by atoms with Gasteiger partial charge >= 0.3 is 59.1 Å². The first-order chi connectivity index (χ1) is 13.4. The Bertz CT molecular complexity index is 671. The number of hydrogen-bond donors (Lipinski definition) is 5. The molecule has 2 fully saturated rings. The first-order valence-corrected chi connectivity index (χ1v) is 9.70. The number of aliphatic hydroxyl groups excluding tert-OH is 4. The number of amides is 1. The Labute approximate surface area is 223 Å². The van der Waals surface area contributed by atoms with Gasteiger partial charge in [-0.05, 0) is 6.10 Å². The number of carbonyl (C=O) groups is 1. The molecular weight excluding hydrogens is 468 g/mol. The van der Waals surface area contributed by atoms with Crippen LogP contribution in [0.5, 0.6) is 0 Å². The molecule has 2 heterocycles. The third kappa shape index (κ3) is 8.95. The van der Waals surface area contributed by atoms with Gasteiger partial charge in [-0.15, -0.1) is 0 Å². The Morgan fingerprint density at radius 1 is 1.13 bits per heavy atom. The number of aliphatic hydroxyl groups is 4. The molecule has 0 aromatic rings. The van der Waals surface area contributed by atoms with Crippen LogP contribution in [0.4, 0.5) is 0 Å². The molecule has 3 unspecified atom stereocenters. The van der Waals surface area contributed by atoms with E-state index in [1.807, 2.05) is 0 Å². The molecule has 2 aliphatic rings. The zero-order valence-electron chi connectivity index (χ0n) is 17.4. The molecule has 0 aromatic carbocycles. The van der Waals surface area contributed by atoms with Crippen LogP contribution in [0, 0.1) is 6.61 Å². The van der Waals surface area contributed by atoms with E-state index in [9.17, 15) is 38.2 Å². The van der Waals surface area contributed by atoms with Gasteiger partial charge in [0.2, 0.25) is 16.3 Å². The van der Waals surface area contributed by atoms with Crippen molar-refractivity contribution in [3.05, 3.63) is 6.61 Å². The van der Waals surface area contributed by atoms with Gasteiger partial charge in [0.15, 0.2) is 12.6 Å². The molecule has 9 atom stereocenters. The molecule has 14 nitrogen and oxygen atoms in total. The van der Waals surface area contributed by atoms with Crippen molar-refractivity contribution < 1.29 is 120 Å². The third-order valence-electron chi connectivity index (χ3n) is 4.27. The molecule has 2 aliphatic heterocycles. The molecule has 2 rings (SSSR count). The SMILES string of the molecule is CO[C@@H]1OC(COS(=O)(=O)[O-])[C@H](O)[C@H](O[C@@H]2O[CH-][C@H](O)[C@H](O)C2O)C1NC(C)=O.[Na+].[Na+]. The molecular formula is C14H23NNa2O13S. The summed E-state index contributed by atoms with van der Waals surface area (Å²) in [5.74, 6) is -0.564. The summed E-state index contributed by atoms with van der Waals surface area (Å²) >= 11 is 0. The Kier molecular flexibility index (Phi) is 14.2. The minimum absolute atomic E-state index is 0. The van der Waals surface area contributed by atoms with Crippen molar-refractivity contribution >= 4 is 16.3 Å². The molecule has 5 N–H and O–H groups in total. The average molecular weight is 491 g/mol.